The molecule has 106 valence electrons. The second-order valence-electron chi connectivity index (χ2n) is 6.06. The summed E-state index contributed by atoms with van der Waals surface area (Å²) in [6.07, 6.45) is 2.78. The Morgan fingerprint density at radius 2 is 1.70 bits per heavy atom. The van der Waals surface area contributed by atoms with E-state index in [1.54, 1.807) is 0 Å². The highest BCUT2D eigenvalue weighted by Crippen LogP contribution is 2.22. The van der Waals surface area contributed by atoms with E-state index in [0.717, 1.165) is 29.2 Å². The Balaban J connectivity index is 2.05. The summed E-state index contributed by atoms with van der Waals surface area (Å²) in [7, 11) is 0. The molecule has 0 spiro atoms. The van der Waals surface area contributed by atoms with Crippen molar-refractivity contribution in [1.82, 2.24) is 0 Å². The molecular formula is C19H24O. The lowest BCUT2D eigenvalue weighted by Gasteiger charge is -2.14. The molecule has 0 aromatic heterocycles. The Labute approximate surface area is 122 Å². The van der Waals surface area contributed by atoms with Crippen molar-refractivity contribution in [2.24, 2.45) is 11.8 Å². The van der Waals surface area contributed by atoms with Crippen LogP contribution in [-0.2, 0) is 0 Å². The summed E-state index contributed by atoms with van der Waals surface area (Å²) >= 11 is 0. The van der Waals surface area contributed by atoms with E-state index in [1.807, 2.05) is 30.3 Å². The third-order valence-corrected chi connectivity index (χ3v) is 4.29. The lowest BCUT2D eigenvalue weighted by molar-refractivity contribution is 0.0978. The summed E-state index contributed by atoms with van der Waals surface area (Å²) in [6.45, 7) is 6.77. The summed E-state index contributed by atoms with van der Waals surface area (Å²) in [4.78, 5) is 12.4. The third kappa shape index (κ3) is 3.47. The minimum atomic E-state index is 0.276. The van der Waals surface area contributed by atoms with Crippen molar-refractivity contribution in [1.29, 1.82) is 0 Å². The molecule has 0 saturated heterocycles. The summed E-state index contributed by atoms with van der Waals surface area (Å²) in [5.74, 6) is 1.66. The molecule has 20 heavy (non-hydrogen) atoms. The number of carbonyl (C=O) groups excluding carboxylic acids is 1. The van der Waals surface area contributed by atoms with E-state index in [2.05, 4.69) is 32.9 Å². The van der Waals surface area contributed by atoms with Crippen LogP contribution < -0.4 is 0 Å². The van der Waals surface area contributed by atoms with E-state index in [0.29, 0.717) is 18.3 Å². The van der Waals surface area contributed by atoms with Crippen LogP contribution in [0.5, 0.6) is 0 Å². The van der Waals surface area contributed by atoms with Gasteiger partial charge < -0.3 is 0 Å². The Hall–Kier alpha value is -1.63. The second-order valence-corrected chi connectivity index (χ2v) is 6.06. The van der Waals surface area contributed by atoms with Gasteiger partial charge in [-0.1, -0.05) is 69.7 Å². The van der Waals surface area contributed by atoms with E-state index in [9.17, 15) is 4.79 Å². The van der Waals surface area contributed by atoms with E-state index in [4.69, 9.17) is 0 Å². The average molecular weight is 268 g/mol. The number of fused-ring (bicyclic) bond motifs is 1. The van der Waals surface area contributed by atoms with Gasteiger partial charge in [0.15, 0.2) is 5.78 Å². The monoisotopic (exact) mass is 268 g/mol. The van der Waals surface area contributed by atoms with Crippen molar-refractivity contribution in [3.05, 3.63) is 48.0 Å². The Morgan fingerprint density at radius 3 is 2.45 bits per heavy atom. The molecule has 0 aliphatic heterocycles. The molecule has 1 heteroatoms. The van der Waals surface area contributed by atoms with Crippen LogP contribution in [-0.4, -0.2) is 5.78 Å². The third-order valence-electron chi connectivity index (χ3n) is 4.29. The molecule has 2 aromatic carbocycles. The summed E-state index contributed by atoms with van der Waals surface area (Å²) in [5, 5.41) is 2.23. The van der Waals surface area contributed by atoms with Gasteiger partial charge in [0.2, 0.25) is 0 Å². The minimum Gasteiger partial charge on any atom is -0.294 e. The smallest absolute Gasteiger partial charge is 0.163 e. The zero-order valence-electron chi connectivity index (χ0n) is 12.7. The number of hydrogen-bond acceptors (Lipinski definition) is 1. The Bertz CT molecular complexity index is 578. The summed E-state index contributed by atoms with van der Waals surface area (Å²) in [5.41, 5.74) is 0.875. The van der Waals surface area contributed by atoms with Gasteiger partial charge in [0.1, 0.15) is 0 Å². The second kappa shape index (κ2) is 6.69. The van der Waals surface area contributed by atoms with Gasteiger partial charge in [-0.05, 0) is 29.0 Å². The molecule has 0 aliphatic rings. The van der Waals surface area contributed by atoms with Crippen LogP contribution in [0.15, 0.2) is 42.5 Å². The number of benzene rings is 2. The first-order chi connectivity index (χ1) is 9.59. The molecule has 1 atom stereocenters. The molecule has 2 aromatic rings. The topological polar surface area (TPSA) is 17.1 Å². The first kappa shape index (κ1) is 14.8. The quantitative estimate of drug-likeness (QED) is 0.633. The number of ketones is 1. The van der Waals surface area contributed by atoms with Gasteiger partial charge in [0.25, 0.3) is 0 Å². The highest BCUT2D eigenvalue weighted by Gasteiger charge is 2.11. The van der Waals surface area contributed by atoms with Gasteiger partial charge in [0.05, 0.1) is 0 Å². The lowest BCUT2D eigenvalue weighted by Crippen LogP contribution is -2.06. The minimum absolute atomic E-state index is 0.276. The fourth-order valence-corrected chi connectivity index (χ4v) is 2.52. The normalized spacial score (nSPS) is 12.8. The maximum Gasteiger partial charge on any atom is 0.163 e. The van der Waals surface area contributed by atoms with Crippen LogP contribution in [0.25, 0.3) is 10.8 Å². The highest BCUT2D eigenvalue weighted by atomic mass is 16.1. The van der Waals surface area contributed by atoms with E-state index < -0.39 is 0 Å². The lowest BCUT2D eigenvalue weighted by atomic mass is 9.91. The maximum atomic E-state index is 12.4. The van der Waals surface area contributed by atoms with Crippen molar-refractivity contribution >= 4 is 16.6 Å². The zero-order chi connectivity index (χ0) is 14.5. The predicted octanol–water partition coefficient (Wildman–Crippen LogP) is 5.48. The maximum absolute atomic E-state index is 12.4. The van der Waals surface area contributed by atoms with Gasteiger partial charge >= 0.3 is 0 Å². The largest absolute Gasteiger partial charge is 0.294 e. The number of rotatable bonds is 6. The van der Waals surface area contributed by atoms with E-state index >= 15 is 0 Å². The molecule has 0 amide bonds. The molecular weight excluding hydrogens is 244 g/mol. The van der Waals surface area contributed by atoms with Crippen molar-refractivity contribution in [2.45, 2.75) is 40.0 Å². The van der Waals surface area contributed by atoms with Crippen molar-refractivity contribution in [3.63, 3.8) is 0 Å². The average Bonchev–Trinajstić information content (AvgIpc) is 2.46. The van der Waals surface area contributed by atoms with Gasteiger partial charge in [-0.25, -0.2) is 0 Å². The van der Waals surface area contributed by atoms with Crippen molar-refractivity contribution in [3.8, 4) is 0 Å². The van der Waals surface area contributed by atoms with Crippen LogP contribution in [0.4, 0.5) is 0 Å². The van der Waals surface area contributed by atoms with E-state index in [-0.39, 0.29) is 5.78 Å². The molecule has 0 heterocycles. The van der Waals surface area contributed by atoms with Gasteiger partial charge in [-0.2, -0.15) is 0 Å². The molecule has 2 rings (SSSR count). The van der Waals surface area contributed by atoms with Gasteiger partial charge in [-0.3, -0.25) is 4.79 Å². The predicted molar refractivity (Wildman–Crippen MR) is 86.1 cm³/mol. The van der Waals surface area contributed by atoms with E-state index in [1.165, 1.54) is 0 Å². The Kier molecular flexibility index (Phi) is 4.94. The summed E-state index contributed by atoms with van der Waals surface area (Å²) < 4.78 is 0. The standard InChI is InChI=1S/C19H24O/c1-14(2)15(3)8-6-13-19(20)18-12-7-10-16-9-4-5-11-17(16)18/h4-5,7,9-12,14-15H,6,8,13H2,1-3H3. The first-order valence-electron chi connectivity index (χ1n) is 7.60. The van der Waals surface area contributed by atoms with Crippen LogP contribution in [0, 0.1) is 11.8 Å². The molecule has 1 unspecified atom stereocenters. The number of Topliss-reactive ketones (excluding diaryl/α,β-unsaturated/α-hetero) is 1. The first-order valence-corrected chi connectivity index (χ1v) is 7.60. The fraction of sp³-hybridized carbons (Fsp3) is 0.421. The molecule has 0 N–H and O–H groups in total. The molecule has 0 bridgehead atoms. The van der Waals surface area contributed by atoms with Gasteiger partial charge in [-0.15, -0.1) is 0 Å². The Morgan fingerprint density at radius 1 is 1.00 bits per heavy atom. The van der Waals surface area contributed by atoms with Crippen LogP contribution >= 0.6 is 0 Å². The van der Waals surface area contributed by atoms with Crippen LogP contribution in [0.3, 0.4) is 0 Å². The van der Waals surface area contributed by atoms with Crippen molar-refractivity contribution < 1.29 is 4.79 Å². The highest BCUT2D eigenvalue weighted by molar-refractivity contribution is 6.08. The number of hydrogen-bond donors (Lipinski definition) is 0. The fourth-order valence-electron chi connectivity index (χ4n) is 2.52. The van der Waals surface area contributed by atoms with Gasteiger partial charge in [0, 0.05) is 12.0 Å². The number of carbonyl (C=O) groups is 1. The summed E-state index contributed by atoms with van der Waals surface area (Å²) in [6, 6.07) is 14.1. The molecule has 0 saturated carbocycles. The molecule has 1 nitrogen and oxygen atoms in total. The SMILES string of the molecule is CC(C)C(C)CCCC(=O)c1cccc2ccccc12. The van der Waals surface area contributed by atoms with Crippen LogP contribution in [0.2, 0.25) is 0 Å². The zero-order valence-corrected chi connectivity index (χ0v) is 12.7. The molecule has 0 aliphatic carbocycles. The molecule has 0 radical (unpaired) electrons. The van der Waals surface area contributed by atoms with Crippen LogP contribution in [0.1, 0.15) is 50.4 Å². The van der Waals surface area contributed by atoms with Crippen molar-refractivity contribution in [2.75, 3.05) is 0 Å². The molecule has 0 fully saturated rings.